The second-order valence-electron chi connectivity index (χ2n) is 10.3. The molecule has 5 rings (SSSR count). The molecule has 40 heavy (non-hydrogen) atoms. The number of allylic oxidation sites excluding steroid dienone is 2. The van der Waals surface area contributed by atoms with Gasteiger partial charge in [-0.3, -0.25) is 4.98 Å². The molecule has 6 nitrogen and oxygen atoms in total. The molecule has 0 N–H and O–H groups in total. The van der Waals surface area contributed by atoms with Gasteiger partial charge in [0.2, 0.25) is 0 Å². The number of rotatable bonds is 7. The number of ether oxygens (including phenoxy) is 1. The highest BCUT2D eigenvalue weighted by molar-refractivity contribution is 6.33. The molecule has 0 atom stereocenters. The van der Waals surface area contributed by atoms with Gasteiger partial charge in [-0.05, 0) is 61.4 Å². The molecule has 1 aliphatic rings. The molecule has 0 saturated carbocycles. The Bertz CT molecular complexity index is 1670. The third kappa shape index (κ3) is 5.49. The number of aromatic nitrogens is 2. The first-order valence-electron chi connectivity index (χ1n) is 12.8. The molecule has 0 bridgehead atoms. The number of nitriles is 1. The van der Waals surface area contributed by atoms with E-state index < -0.39 is 11.2 Å². The van der Waals surface area contributed by atoms with Crippen molar-refractivity contribution < 1.29 is 9.13 Å². The van der Waals surface area contributed by atoms with E-state index in [0.717, 1.165) is 33.6 Å². The van der Waals surface area contributed by atoms with Gasteiger partial charge in [0.15, 0.2) is 0 Å². The Morgan fingerprint density at radius 1 is 1.12 bits per heavy atom. The lowest BCUT2D eigenvalue weighted by atomic mass is 9.84. The van der Waals surface area contributed by atoms with E-state index in [-0.39, 0.29) is 5.02 Å². The van der Waals surface area contributed by atoms with Crippen LogP contribution in [0.15, 0.2) is 84.8 Å². The number of anilines is 2. The van der Waals surface area contributed by atoms with E-state index in [1.54, 1.807) is 19.5 Å². The third-order valence-corrected chi connectivity index (χ3v) is 7.50. The van der Waals surface area contributed by atoms with Crippen molar-refractivity contribution in [1.29, 1.82) is 5.26 Å². The normalized spacial score (nSPS) is 13.2. The Labute approximate surface area is 238 Å². The van der Waals surface area contributed by atoms with Crippen molar-refractivity contribution in [1.82, 2.24) is 9.97 Å². The van der Waals surface area contributed by atoms with Gasteiger partial charge in [-0.25, -0.2) is 9.37 Å². The minimum absolute atomic E-state index is 0.0385. The van der Waals surface area contributed by atoms with Crippen LogP contribution in [0.4, 0.5) is 15.9 Å². The third-order valence-electron chi connectivity index (χ3n) is 7.12. The number of hydrogen-bond acceptors (Lipinski definition) is 6. The number of benzene rings is 2. The number of nitrogens with zero attached hydrogens (tertiary/aromatic N) is 5. The van der Waals surface area contributed by atoms with Crippen LogP contribution in [-0.2, 0) is 6.54 Å². The van der Waals surface area contributed by atoms with Gasteiger partial charge in [0.05, 0.1) is 29.1 Å². The maximum atomic E-state index is 15.0. The van der Waals surface area contributed by atoms with Crippen LogP contribution in [0.3, 0.4) is 0 Å². The van der Waals surface area contributed by atoms with Crippen LogP contribution in [0.25, 0.3) is 22.0 Å². The average molecular weight is 554 g/mol. The summed E-state index contributed by atoms with van der Waals surface area (Å²) in [6.45, 7) is 4.95. The molecule has 1 aliphatic heterocycles. The molecule has 202 valence electrons. The molecule has 0 aliphatic carbocycles. The zero-order chi connectivity index (χ0) is 28.4. The van der Waals surface area contributed by atoms with Crippen molar-refractivity contribution in [2.45, 2.75) is 20.4 Å². The largest absolute Gasteiger partial charge is 0.497 e. The lowest BCUT2D eigenvalue weighted by molar-refractivity contribution is 0.414. The van der Waals surface area contributed by atoms with Crippen LogP contribution in [-0.4, -0.2) is 30.7 Å². The fourth-order valence-corrected chi connectivity index (χ4v) is 4.84. The molecule has 0 fully saturated rings. The highest BCUT2D eigenvalue weighted by Crippen LogP contribution is 2.37. The number of halogens is 2. The maximum Gasteiger partial charge on any atom is 0.144 e. The summed E-state index contributed by atoms with van der Waals surface area (Å²) in [6, 6.07) is 17.4. The quantitative estimate of drug-likeness (QED) is 0.235. The van der Waals surface area contributed by atoms with Crippen molar-refractivity contribution in [3.8, 4) is 22.9 Å². The first-order chi connectivity index (χ1) is 19.2. The fraction of sp³-hybridized carbons (Fsp3) is 0.219. The standard InChI is InChI=1S/C32H29ClFN5O/c1-32(2,20-35)24-9-11-39(12-10-24)25-14-27(31(33)28(34)15-25)22-13-23-18-37-30(16-29(23)36-17-22)38(3)19-21-5-7-26(40-4)8-6-21/h5-11,13-18H,12,19H2,1-4H3. The van der Waals surface area contributed by atoms with Crippen molar-refractivity contribution in [3.05, 3.63) is 101 Å². The van der Waals surface area contributed by atoms with Crippen LogP contribution in [0.5, 0.6) is 5.75 Å². The SMILES string of the molecule is COc1ccc(CN(C)c2cc3ncc(-c4cc(N5C=CC(C(C)(C)C#N)=CC5)cc(F)c4Cl)cc3cn2)cc1. The lowest BCUT2D eigenvalue weighted by Crippen LogP contribution is -2.23. The lowest BCUT2D eigenvalue weighted by Gasteiger charge is -2.27. The van der Waals surface area contributed by atoms with Crippen LogP contribution in [0.2, 0.25) is 5.02 Å². The summed E-state index contributed by atoms with van der Waals surface area (Å²) < 4.78 is 20.2. The zero-order valence-electron chi connectivity index (χ0n) is 22.8. The van der Waals surface area contributed by atoms with Gasteiger partial charge in [0.1, 0.15) is 17.4 Å². The van der Waals surface area contributed by atoms with Crippen LogP contribution in [0.1, 0.15) is 19.4 Å². The smallest absolute Gasteiger partial charge is 0.144 e. The first-order valence-corrected chi connectivity index (χ1v) is 13.2. The highest BCUT2D eigenvalue weighted by atomic mass is 35.5. The van der Waals surface area contributed by atoms with Crippen LogP contribution in [0, 0.1) is 22.6 Å². The highest BCUT2D eigenvalue weighted by Gasteiger charge is 2.23. The topological polar surface area (TPSA) is 65.3 Å². The van der Waals surface area contributed by atoms with E-state index in [1.165, 1.54) is 6.07 Å². The predicted octanol–water partition coefficient (Wildman–Crippen LogP) is 7.54. The molecule has 0 spiro atoms. The minimum atomic E-state index is -0.589. The van der Waals surface area contributed by atoms with E-state index in [1.807, 2.05) is 86.6 Å². The molecule has 4 aromatic rings. The molecule has 2 aromatic carbocycles. The summed E-state index contributed by atoms with van der Waals surface area (Å²) in [4.78, 5) is 13.3. The summed E-state index contributed by atoms with van der Waals surface area (Å²) in [5, 5.41) is 10.3. The summed E-state index contributed by atoms with van der Waals surface area (Å²) in [6.07, 6.45) is 9.23. The van der Waals surface area contributed by atoms with E-state index in [4.69, 9.17) is 16.3 Å². The van der Waals surface area contributed by atoms with Crippen molar-refractivity contribution in [2.75, 3.05) is 30.5 Å². The Kier molecular flexibility index (Phi) is 7.46. The van der Waals surface area contributed by atoms with Crippen LogP contribution < -0.4 is 14.5 Å². The summed E-state index contributed by atoms with van der Waals surface area (Å²) in [7, 11) is 3.63. The Hall–Kier alpha value is -4.41. The summed E-state index contributed by atoms with van der Waals surface area (Å²) >= 11 is 6.44. The van der Waals surface area contributed by atoms with Gasteiger partial charge in [-0.2, -0.15) is 5.26 Å². The van der Waals surface area contributed by atoms with Crippen molar-refractivity contribution >= 4 is 34.0 Å². The van der Waals surface area contributed by atoms with Gasteiger partial charge in [-0.1, -0.05) is 29.8 Å². The average Bonchev–Trinajstić information content (AvgIpc) is 2.98. The molecule has 0 radical (unpaired) electrons. The van der Waals surface area contributed by atoms with E-state index in [2.05, 4.69) is 20.9 Å². The number of fused-ring (bicyclic) bond motifs is 1. The minimum Gasteiger partial charge on any atom is -0.497 e. The predicted molar refractivity (Wildman–Crippen MR) is 159 cm³/mol. The fourth-order valence-electron chi connectivity index (χ4n) is 4.62. The number of hydrogen-bond donors (Lipinski definition) is 0. The molecule has 8 heteroatoms. The van der Waals surface area contributed by atoms with E-state index in [0.29, 0.717) is 29.9 Å². The van der Waals surface area contributed by atoms with E-state index in [9.17, 15) is 9.65 Å². The second-order valence-corrected chi connectivity index (χ2v) is 10.7. The van der Waals surface area contributed by atoms with Gasteiger partial charge in [-0.15, -0.1) is 0 Å². The number of methoxy groups -OCH3 is 1. The van der Waals surface area contributed by atoms with Gasteiger partial charge >= 0.3 is 0 Å². The zero-order valence-corrected chi connectivity index (χ0v) is 23.6. The van der Waals surface area contributed by atoms with Crippen molar-refractivity contribution in [2.24, 2.45) is 5.41 Å². The molecule has 0 amide bonds. The molecular formula is C32H29ClFN5O. The molecule has 2 aromatic heterocycles. The maximum absolute atomic E-state index is 15.0. The van der Waals surface area contributed by atoms with Gasteiger partial charge in [0, 0.05) is 67.0 Å². The van der Waals surface area contributed by atoms with Gasteiger partial charge in [0.25, 0.3) is 0 Å². The molecule has 0 unspecified atom stereocenters. The molecule has 0 saturated heterocycles. The summed E-state index contributed by atoms with van der Waals surface area (Å²) in [5.41, 5.74) is 4.16. The molecular weight excluding hydrogens is 525 g/mol. The van der Waals surface area contributed by atoms with Crippen LogP contribution >= 0.6 is 11.6 Å². The Morgan fingerprint density at radius 2 is 1.90 bits per heavy atom. The summed E-state index contributed by atoms with van der Waals surface area (Å²) in [5.74, 6) is 1.10. The Balaban J connectivity index is 1.39. The van der Waals surface area contributed by atoms with E-state index >= 15 is 0 Å². The van der Waals surface area contributed by atoms with Gasteiger partial charge < -0.3 is 14.5 Å². The Morgan fingerprint density at radius 3 is 2.58 bits per heavy atom. The number of pyridine rings is 2. The van der Waals surface area contributed by atoms with Crippen molar-refractivity contribution in [3.63, 3.8) is 0 Å². The first kappa shape index (κ1) is 27.2. The molecule has 3 heterocycles. The monoisotopic (exact) mass is 553 g/mol. The second kappa shape index (κ2) is 11.0.